The first-order valence-corrected chi connectivity index (χ1v) is 16.4. The molecule has 3 heterocycles. The van der Waals surface area contributed by atoms with Crippen LogP contribution in [-0.2, 0) is 9.84 Å². The molecule has 0 radical (unpaired) electrons. The van der Waals surface area contributed by atoms with Gasteiger partial charge in [0.2, 0.25) is 5.95 Å². The van der Waals surface area contributed by atoms with Gasteiger partial charge in [0.05, 0.1) is 32.7 Å². The van der Waals surface area contributed by atoms with Crippen molar-refractivity contribution < 1.29 is 18.6 Å². The third kappa shape index (κ3) is 5.12. The van der Waals surface area contributed by atoms with Gasteiger partial charge in [-0.2, -0.15) is 4.98 Å². The molecule has 3 aromatic heterocycles. The van der Waals surface area contributed by atoms with Crippen LogP contribution in [0.5, 0.6) is 0 Å². The van der Waals surface area contributed by atoms with Crippen molar-refractivity contribution in [2.24, 2.45) is 5.92 Å². The lowest BCUT2D eigenvalue weighted by Gasteiger charge is -2.32. The maximum Gasteiger partial charge on any atom is 0.225 e. The summed E-state index contributed by atoms with van der Waals surface area (Å²) in [5.41, 5.74) is 1.53. The van der Waals surface area contributed by atoms with E-state index < -0.39 is 32.8 Å². The molecule has 3 atom stereocenters. The first-order valence-electron chi connectivity index (χ1n) is 13.9. The van der Waals surface area contributed by atoms with Gasteiger partial charge >= 0.3 is 0 Å². The maximum atomic E-state index is 12.6. The first kappa shape index (κ1) is 26.8. The molecule has 3 aromatic rings. The van der Waals surface area contributed by atoms with Gasteiger partial charge in [-0.1, -0.05) is 0 Å². The molecule has 0 aliphatic heterocycles. The SMILES string of the molecule is Cc1nc(NC2CCC2)nc(NC2(O)CCC(CS(=O)(=O)C(C)C)C2O)c1-c1nc2c(C3CC3)nccc2s1. The lowest BCUT2D eigenvalue weighted by molar-refractivity contribution is -0.0442. The van der Waals surface area contributed by atoms with Crippen LogP contribution in [0.4, 0.5) is 11.8 Å². The van der Waals surface area contributed by atoms with Crippen molar-refractivity contribution in [3.63, 3.8) is 0 Å². The number of nitrogens with zero attached hydrogens (tertiary/aromatic N) is 4. The van der Waals surface area contributed by atoms with Crippen LogP contribution in [0, 0.1) is 12.8 Å². The molecular weight excluding hydrogens is 536 g/mol. The van der Waals surface area contributed by atoms with Gasteiger partial charge in [-0.05, 0) is 71.8 Å². The summed E-state index contributed by atoms with van der Waals surface area (Å²) in [5.74, 6) is 0.525. The second-order valence-electron chi connectivity index (χ2n) is 11.6. The number of hydrogen-bond acceptors (Lipinski definition) is 11. The largest absolute Gasteiger partial charge is 0.388 e. The molecule has 39 heavy (non-hydrogen) atoms. The summed E-state index contributed by atoms with van der Waals surface area (Å²) in [6, 6.07) is 2.27. The number of thiazole rings is 1. The predicted octanol–water partition coefficient (Wildman–Crippen LogP) is 3.99. The number of hydrogen-bond donors (Lipinski definition) is 4. The molecule has 3 aliphatic rings. The molecule has 0 aromatic carbocycles. The van der Waals surface area contributed by atoms with Gasteiger partial charge in [-0.3, -0.25) is 4.98 Å². The van der Waals surface area contributed by atoms with E-state index in [-0.39, 0.29) is 12.2 Å². The highest BCUT2D eigenvalue weighted by Crippen LogP contribution is 2.45. The number of aliphatic hydroxyl groups is 2. The number of anilines is 2. The minimum absolute atomic E-state index is 0.172. The van der Waals surface area contributed by atoms with Crippen LogP contribution in [0.15, 0.2) is 12.3 Å². The summed E-state index contributed by atoms with van der Waals surface area (Å²) in [6.45, 7) is 5.17. The summed E-state index contributed by atoms with van der Waals surface area (Å²) in [6.07, 6.45) is 6.62. The highest BCUT2D eigenvalue weighted by atomic mass is 32.2. The van der Waals surface area contributed by atoms with Gasteiger partial charge in [-0.15, -0.1) is 11.3 Å². The van der Waals surface area contributed by atoms with Crippen LogP contribution in [0.3, 0.4) is 0 Å². The molecule has 0 spiro atoms. The smallest absolute Gasteiger partial charge is 0.225 e. The molecule has 6 rings (SSSR count). The first-order chi connectivity index (χ1) is 18.5. The van der Waals surface area contributed by atoms with Gasteiger partial charge in [-0.25, -0.2) is 18.4 Å². The van der Waals surface area contributed by atoms with Crippen LogP contribution in [0.25, 0.3) is 20.8 Å². The Morgan fingerprint density at radius 3 is 2.59 bits per heavy atom. The van der Waals surface area contributed by atoms with Crippen LogP contribution in [0.2, 0.25) is 0 Å². The Morgan fingerprint density at radius 2 is 1.92 bits per heavy atom. The molecule has 4 N–H and O–H groups in total. The fourth-order valence-corrected chi connectivity index (χ4v) is 7.86. The van der Waals surface area contributed by atoms with E-state index in [1.54, 1.807) is 13.8 Å². The van der Waals surface area contributed by atoms with Gasteiger partial charge in [0.15, 0.2) is 15.6 Å². The monoisotopic (exact) mass is 572 g/mol. The minimum atomic E-state index is -3.38. The molecule has 210 valence electrons. The van der Waals surface area contributed by atoms with Gasteiger partial charge in [0.1, 0.15) is 22.4 Å². The van der Waals surface area contributed by atoms with E-state index >= 15 is 0 Å². The van der Waals surface area contributed by atoms with Crippen molar-refractivity contribution in [1.29, 1.82) is 0 Å². The number of fused-ring (bicyclic) bond motifs is 1. The molecule has 10 nitrogen and oxygen atoms in total. The van der Waals surface area contributed by atoms with E-state index in [0.29, 0.717) is 46.4 Å². The molecule has 3 fully saturated rings. The van der Waals surface area contributed by atoms with Crippen LogP contribution >= 0.6 is 11.3 Å². The topological polar surface area (TPSA) is 150 Å². The van der Waals surface area contributed by atoms with E-state index in [1.165, 1.54) is 11.3 Å². The molecular formula is C27H36N6O4S2. The number of aromatic nitrogens is 4. The third-order valence-corrected chi connectivity index (χ3v) is 11.7. The van der Waals surface area contributed by atoms with Crippen molar-refractivity contribution in [2.45, 2.75) is 94.8 Å². The van der Waals surface area contributed by atoms with Gasteiger partial charge in [0.25, 0.3) is 0 Å². The highest BCUT2D eigenvalue weighted by Gasteiger charge is 2.49. The van der Waals surface area contributed by atoms with E-state index in [0.717, 1.165) is 48.0 Å². The van der Waals surface area contributed by atoms with Crippen molar-refractivity contribution >= 4 is 43.2 Å². The highest BCUT2D eigenvalue weighted by molar-refractivity contribution is 7.91. The number of pyridine rings is 1. The zero-order valence-corrected chi connectivity index (χ0v) is 24.1. The van der Waals surface area contributed by atoms with Crippen LogP contribution in [-0.4, -0.2) is 67.4 Å². The number of nitrogens with one attached hydrogen (secondary N) is 2. The summed E-state index contributed by atoms with van der Waals surface area (Å²) >= 11 is 1.53. The van der Waals surface area contributed by atoms with Crippen LogP contribution < -0.4 is 10.6 Å². The predicted molar refractivity (Wildman–Crippen MR) is 153 cm³/mol. The fraction of sp³-hybridized carbons (Fsp3) is 0.630. The second kappa shape index (κ2) is 9.90. The minimum Gasteiger partial charge on any atom is -0.388 e. The van der Waals surface area contributed by atoms with E-state index in [4.69, 9.17) is 15.0 Å². The quantitative estimate of drug-likeness (QED) is 0.277. The second-order valence-corrected chi connectivity index (χ2v) is 15.3. The number of aliphatic hydroxyl groups excluding tert-OH is 1. The average molecular weight is 573 g/mol. The van der Waals surface area contributed by atoms with Crippen molar-refractivity contribution in [3.8, 4) is 10.6 Å². The third-order valence-electron chi connectivity index (χ3n) is 8.37. The maximum absolute atomic E-state index is 12.6. The summed E-state index contributed by atoms with van der Waals surface area (Å²) in [5, 5.41) is 29.5. The lowest BCUT2D eigenvalue weighted by Crippen LogP contribution is -2.48. The summed E-state index contributed by atoms with van der Waals surface area (Å²) < 4.78 is 26.2. The molecule has 12 heteroatoms. The van der Waals surface area contributed by atoms with E-state index in [1.807, 2.05) is 19.2 Å². The summed E-state index contributed by atoms with van der Waals surface area (Å²) in [4.78, 5) is 19.1. The Labute approximate surface area is 232 Å². The zero-order chi connectivity index (χ0) is 27.5. The lowest BCUT2D eigenvalue weighted by atomic mass is 9.93. The Bertz CT molecular complexity index is 1500. The molecule has 0 saturated heterocycles. The number of rotatable bonds is 9. The normalized spacial score (nSPS) is 25.8. The molecule has 3 aliphatic carbocycles. The number of sulfone groups is 1. The molecule has 3 saturated carbocycles. The zero-order valence-electron chi connectivity index (χ0n) is 22.5. The van der Waals surface area contributed by atoms with Crippen molar-refractivity contribution in [1.82, 2.24) is 19.9 Å². The fourth-order valence-electron chi connectivity index (χ4n) is 5.46. The van der Waals surface area contributed by atoms with Crippen LogP contribution in [0.1, 0.15) is 76.1 Å². The van der Waals surface area contributed by atoms with Crippen molar-refractivity contribution in [2.75, 3.05) is 16.4 Å². The van der Waals surface area contributed by atoms with E-state index in [9.17, 15) is 18.6 Å². The number of aryl methyl sites for hydroxylation is 1. The van der Waals surface area contributed by atoms with Gasteiger partial charge < -0.3 is 20.8 Å². The van der Waals surface area contributed by atoms with Gasteiger partial charge in [0, 0.05) is 24.1 Å². The Morgan fingerprint density at radius 1 is 1.15 bits per heavy atom. The summed E-state index contributed by atoms with van der Waals surface area (Å²) in [7, 11) is -3.38. The molecule has 0 bridgehead atoms. The Hall–Kier alpha value is -2.41. The van der Waals surface area contributed by atoms with E-state index in [2.05, 4.69) is 15.6 Å². The Kier molecular flexibility index (Phi) is 6.80. The van der Waals surface area contributed by atoms with Crippen molar-refractivity contribution in [3.05, 3.63) is 23.7 Å². The molecule has 3 unspecified atom stereocenters. The average Bonchev–Trinajstić information content (AvgIpc) is 3.55. The Balaban J connectivity index is 1.37. The standard InChI is InChI=1S/C27H36N6O4S2/c1-14(2)39(36,37)13-17-9-11-27(35,23(17)34)33-24-20(15(3)29-26(32-24)30-18-5-4-6-18)25-31-22-19(38-25)10-12-28-21(22)16-7-8-16/h10,12,14,16-18,23,34-35H,4-9,11,13H2,1-3H3,(H2,29,30,32,33). The molecule has 0 amide bonds.